The molecule has 14 heteroatoms. The number of hydroxylamine groups is 1. The Labute approximate surface area is 190 Å². The predicted molar refractivity (Wildman–Crippen MR) is 115 cm³/mol. The van der Waals surface area contributed by atoms with Crippen LogP contribution in [0, 0.1) is 16.8 Å². The summed E-state index contributed by atoms with van der Waals surface area (Å²) < 4.78 is 59.5. The van der Waals surface area contributed by atoms with Gasteiger partial charge < -0.3 is 19.4 Å². The third kappa shape index (κ3) is 3.76. The van der Waals surface area contributed by atoms with Crippen molar-refractivity contribution in [1.29, 1.82) is 0 Å². The maximum atomic E-state index is 14.8. The van der Waals surface area contributed by atoms with Crippen molar-refractivity contribution >= 4 is 38.0 Å². The van der Waals surface area contributed by atoms with E-state index in [1.807, 2.05) is 0 Å². The number of hydrogen-bond donors (Lipinski definition) is 1. The number of carbonyl (C=O) groups is 1. The number of H-pyrrole nitrogens is 1. The van der Waals surface area contributed by atoms with E-state index in [0.29, 0.717) is 17.5 Å². The van der Waals surface area contributed by atoms with E-state index in [4.69, 9.17) is 4.74 Å². The molecule has 3 aromatic heterocycles. The number of rotatable bonds is 6. The number of sulfonamides is 1. The second-order valence-electron chi connectivity index (χ2n) is 7.11. The molecule has 0 radical (unpaired) electrons. The standard InChI is InChI=1S/C20H16F2N5O6S/c1-3-17(28)27(30)34(31,32)10-6-13(21)12(14(22)7-10)9-26-18-11-4-5-16(33-2)25-19(11)23-8-15(18)24-20(26)29/h4-8H,3,9H2,1-2H3,(H,24,29)/q-1. The van der Waals surface area contributed by atoms with Crippen molar-refractivity contribution in [1.82, 2.24) is 24.0 Å². The van der Waals surface area contributed by atoms with Crippen LogP contribution in [0.5, 0.6) is 5.88 Å². The molecule has 178 valence electrons. The van der Waals surface area contributed by atoms with Gasteiger partial charge in [0.05, 0.1) is 35.8 Å². The Morgan fingerprint density at radius 1 is 1.26 bits per heavy atom. The molecule has 11 nitrogen and oxygen atoms in total. The number of aromatic nitrogens is 4. The molecule has 4 rings (SSSR count). The minimum absolute atomic E-state index is 0.220. The van der Waals surface area contributed by atoms with E-state index in [0.717, 1.165) is 4.57 Å². The van der Waals surface area contributed by atoms with E-state index < -0.39 is 61.1 Å². The first-order valence-corrected chi connectivity index (χ1v) is 11.2. The van der Waals surface area contributed by atoms with Crippen molar-refractivity contribution in [3.63, 3.8) is 0 Å². The summed E-state index contributed by atoms with van der Waals surface area (Å²) in [7, 11) is -3.59. The van der Waals surface area contributed by atoms with Gasteiger partial charge in [-0.2, -0.15) is 4.98 Å². The number of fused-ring (bicyclic) bond motifs is 3. The molecule has 0 fully saturated rings. The van der Waals surface area contributed by atoms with Gasteiger partial charge in [0.25, 0.3) is 10.0 Å². The highest BCUT2D eigenvalue weighted by molar-refractivity contribution is 7.89. The van der Waals surface area contributed by atoms with Crippen LogP contribution in [-0.4, -0.2) is 45.4 Å². The van der Waals surface area contributed by atoms with Crippen LogP contribution in [0.15, 0.2) is 40.2 Å². The third-order valence-corrected chi connectivity index (χ3v) is 6.57. The minimum atomic E-state index is -5.01. The lowest BCUT2D eigenvalue weighted by Crippen LogP contribution is -2.31. The van der Waals surface area contributed by atoms with Gasteiger partial charge in [0, 0.05) is 23.4 Å². The summed E-state index contributed by atoms with van der Waals surface area (Å²) in [6.07, 6.45) is 0.913. The number of ether oxygens (including phenoxy) is 1. The molecule has 34 heavy (non-hydrogen) atoms. The molecular weight excluding hydrogens is 476 g/mol. The number of pyridine rings is 2. The van der Waals surface area contributed by atoms with Crippen molar-refractivity contribution < 1.29 is 26.7 Å². The lowest BCUT2D eigenvalue weighted by atomic mass is 10.2. The molecule has 0 aliphatic carbocycles. The van der Waals surface area contributed by atoms with Crippen LogP contribution in [0.4, 0.5) is 8.78 Å². The molecule has 3 heterocycles. The fourth-order valence-corrected chi connectivity index (χ4v) is 4.47. The summed E-state index contributed by atoms with van der Waals surface area (Å²) in [5.74, 6) is -3.67. The number of methoxy groups -OCH3 is 1. The van der Waals surface area contributed by atoms with Gasteiger partial charge in [-0.05, 0) is 18.2 Å². The van der Waals surface area contributed by atoms with Gasteiger partial charge in [-0.15, -0.1) is 0 Å². The maximum Gasteiger partial charge on any atom is 0.326 e. The molecule has 0 saturated heterocycles. The number of benzene rings is 1. The summed E-state index contributed by atoms with van der Waals surface area (Å²) in [6.45, 7) is 0.647. The highest BCUT2D eigenvalue weighted by Crippen LogP contribution is 2.26. The molecular formula is C20H16F2N5O6S-. The SMILES string of the molecule is CCC(=O)N([O-])S(=O)(=O)c1cc(F)c(Cn2c(=O)[nH]c3cnc4nc(OC)ccc4c32)c(F)c1. The number of amides is 1. The molecule has 4 aromatic rings. The first-order valence-electron chi connectivity index (χ1n) is 9.74. The molecule has 0 bridgehead atoms. The van der Waals surface area contributed by atoms with Gasteiger partial charge >= 0.3 is 5.69 Å². The molecule has 1 N–H and O–H groups in total. The zero-order valence-corrected chi connectivity index (χ0v) is 18.5. The van der Waals surface area contributed by atoms with Crippen molar-refractivity contribution in [3.8, 4) is 5.88 Å². The van der Waals surface area contributed by atoms with Crippen molar-refractivity contribution in [2.45, 2.75) is 24.8 Å². The largest absolute Gasteiger partial charge is 0.742 e. The number of imidazole rings is 1. The lowest BCUT2D eigenvalue weighted by molar-refractivity contribution is -0.124. The normalized spacial score (nSPS) is 11.8. The second-order valence-corrected chi connectivity index (χ2v) is 8.86. The number of carbonyl (C=O) groups excluding carboxylic acids is 1. The molecule has 1 amide bonds. The lowest BCUT2D eigenvalue weighted by Gasteiger charge is -2.27. The van der Waals surface area contributed by atoms with Gasteiger partial charge in [0.15, 0.2) is 5.65 Å². The van der Waals surface area contributed by atoms with Crippen molar-refractivity contribution in [3.05, 3.63) is 63.4 Å². The molecule has 0 unspecified atom stereocenters. The van der Waals surface area contributed by atoms with E-state index in [9.17, 15) is 32.0 Å². The first-order chi connectivity index (χ1) is 16.1. The zero-order chi connectivity index (χ0) is 24.8. The van der Waals surface area contributed by atoms with Gasteiger partial charge in [0.2, 0.25) is 11.8 Å². The Hall–Kier alpha value is -3.91. The van der Waals surface area contributed by atoms with Gasteiger partial charge in [0.1, 0.15) is 11.6 Å². The Kier molecular flexibility index (Phi) is 5.79. The molecule has 1 aromatic carbocycles. The summed E-state index contributed by atoms with van der Waals surface area (Å²) in [6, 6.07) is 3.95. The average molecular weight is 492 g/mol. The summed E-state index contributed by atoms with van der Waals surface area (Å²) >= 11 is 0. The van der Waals surface area contributed by atoms with Crippen LogP contribution in [0.2, 0.25) is 0 Å². The summed E-state index contributed by atoms with van der Waals surface area (Å²) in [4.78, 5) is 33.9. The second kappa shape index (κ2) is 8.46. The molecule has 0 saturated carbocycles. The Balaban J connectivity index is 1.83. The van der Waals surface area contributed by atoms with Crippen molar-refractivity contribution in [2.24, 2.45) is 0 Å². The Bertz CT molecular complexity index is 1590. The maximum absolute atomic E-state index is 14.8. The summed E-state index contributed by atoms with van der Waals surface area (Å²) in [5, 5.41) is 12.2. The average Bonchev–Trinajstić information content (AvgIpc) is 3.14. The van der Waals surface area contributed by atoms with Crippen molar-refractivity contribution in [2.75, 3.05) is 7.11 Å². The fourth-order valence-electron chi connectivity index (χ4n) is 3.37. The fraction of sp³-hybridized carbons (Fsp3) is 0.200. The molecule has 0 aliphatic heterocycles. The molecule has 0 aliphatic rings. The predicted octanol–water partition coefficient (Wildman–Crippen LogP) is 2.03. The number of hydrogen-bond acceptors (Lipinski definition) is 8. The van der Waals surface area contributed by atoms with E-state index in [1.54, 1.807) is 6.07 Å². The third-order valence-electron chi connectivity index (χ3n) is 5.09. The Morgan fingerprint density at radius 2 is 1.94 bits per heavy atom. The number of nitrogens with zero attached hydrogens (tertiary/aromatic N) is 4. The van der Waals surface area contributed by atoms with Crippen LogP contribution < -0.4 is 10.4 Å². The number of nitrogens with one attached hydrogen (secondary N) is 1. The summed E-state index contributed by atoms with van der Waals surface area (Å²) in [5.41, 5.74) is -0.565. The van der Waals surface area contributed by atoms with E-state index in [1.165, 1.54) is 26.3 Å². The highest BCUT2D eigenvalue weighted by Gasteiger charge is 2.25. The van der Waals surface area contributed by atoms with Gasteiger partial charge in [-0.25, -0.2) is 27.0 Å². The number of halogens is 2. The number of aromatic amines is 1. The topological polar surface area (TPSA) is 150 Å². The van der Waals surface area contributed by atoms with E-state index >= 15 is 0 Å². The monoisotopic (exact) mass is 492 g/mol. The molecule has 0 spiro atoms. The van der Waals surface area contributed by atoms with Crippen LogP contribution in [0.3, 0.4) is 0 Å². The van der Waals surface area contributed by atoms with Crippen LogP contribution in [0.1, 0.15) is 18.9 Å². The quantitative estimate of drug-likeness (QED) is 0.402. The first kappa shape index (κ1) is 23.3. The van der Waals surface area contributed by atoms with Crippen LogP contribution >= 0.6 is 0 Å². The van der Waals surface area contributed by atoms with Gasteiger partial charge in [-0.1, -0.05) is 6.92 Å². The zero-order valence-electron chi connectivity index (χ0n) is 17.7. The smallest absolute Gasteiger partial charge is 0.326 e. The van der Waals surface area contributed by atoms with E-state index in [-0.39, 0.29) is 22.6 Å². The van der Waals surface area contributed by atoms with Crippen LogP contribution in [0.25, 0.3) is 22.1 Å². The van der Waals surface area contributed by atoms with Gasteiger partial charge in [-0.3, -0.25) is 9.36 Å². The van der Waals surface area contributed by atoms with E-state index in [2.05, 4.69) is 15.0 Å². The molecule has 0 atom stereocenters. The van der Waals surface area contributed by atoms with Crippen LogP contribution in [-0.2, 0) is 21.4 Å². The Morgan fingerprint density at radius 3 is 2.56 bits per heavy atom. The highest BCUT2D eigenvalue weighted by atomic mass is 32.2. The minimum Gasteiger partial charge on any atom is -0.742 e.